The quantitative estimate of drug-likeness (QED) is 0.502. The van der Waals surface area contributed by atoms with Crippen LogP contribution in [-0.4, -0.2) is 8.07 Å². The highest BCUT2D eigenvalue weighted by atomic mass is 127. The van der Waals surface area contributed by atoms with Crippen molar-refractivity contribution in [1.29, 1.82) is 0 Å². The van der Waals surface area contributed by atoms with Gasteiger partial charge in [0, 0.05) is 0 Å². The van der Waals surface area contributed by atoms with E-state index in [1.807, 2.05) is 0 Å². The lowest BCUT2D eigenvalue weighted by atomic mass is 10.5. The molecule has 1 aliphatic carbocycles. The predicted octanol–water partition coefficient (Wildman–Crippen LogP) is 3.51. The van der Waals surface area contributed by atoms with E-state index in [4.69, 9.17) is 0 Å². The van der Waals surface area contributed by atoms with Gasteiger partial charge in [-0.1, -0.05) is 37.0 Å². The van der Waals surface area contributed by atoms with Crippen LogP contribution in [0.2, 0.25) is 19.6 Å². The van der Waals surface area contributed by atoms with E-state index in [0.717, 1.165) is 0 Å². The molecule has 0 bridgehead atoms. The maximum atomic E-state index is 2.42. The molecule has 0 nitrogen and oxygen atoms in total. The van der Waals surface area contributed by atoms with Crippen LogP contribution in [0.3, 0.4) is 0 Å². The Bertz CT molecular complexity index is 196. The van der Waals surface area contributed by atoms with Gasteiger partial charge in [0.05, 0.1) is 8.07 Å². The summed E-state index contributed by atoms with van der Waals surface area (Å²) in [4.78, 5) is 0. The van der Waals surface area contributed by atoms with Crippen molar-refractivity contribution in [3.05, 3.63) is 20.9 Å². The Balaban J connectivity index is 2.77. The summed E-state index contributed by atoms with van der Waals surface area (Å²) < 4.78 is 1.50. The molecule has 0 aromatic heterocycles. The summed E-state index contributed by atoms with van der Waals surface area (Å²) in [5.74, 6) is 0. The standard InChI is InChI=1S/C8H13ISi/c1-10(2,3)8-5-4-7(9)6-8/h5-6H,4H2,1-3H3. The predicted molar refractivity (Wildman–Crippen MR) is 58.1 cm³/mol. The SMILES string of the molecule is C[Si](C)(C)C1=CCC(I)=C1. The molecular weight excluding hydrogens is 251 g/mol. The highest BCUT2D eigenvalue weighted by Gasteiger charge is 2.20. The van der Waals surface area contributed by atoms with Crippen molar-refractivity contribution in [3.63, 3.8) is 0 Å². The molecule has 56 valence electrons. The Morgan fingerprint density at radius 1 is 1.40 bits per heavy atom. The fourth-order valence-electron chi connectivity index (χ4n) is 1.02. The molecule has 10 heavy (non-hydrogen) atoms. The highest BCUT2D eigenvalue weighted by Crippen LogP contribution is 2.28. The van der Waals surface area contributed by atoms with Crippen molar-refractivity contribution >= 4 is 30.7 Å². The third-order valence-corrected chi connectivity index (χ3v) is 4.53. The Labute approximate surface area is 77.6 Å². The van der Waals surface area contributed by atoms with E-state index in [2.05, 4.69) is 54.4 Å². The summed E-state index contributed by atoms with van der Waals surface area (Å²) in [7, 11) is -0.986. The van der Waals surface area contributed by atoms with E-state index < -0.39 is 8.07 Å². The normalized spacial score (nSPS) is 18.8. The molecule has 1 rings (SSSR count). The summed E-state index contributed by atoms with van der Waals surface area (Å²) in [6, 6.07) is 0. The number of allylic oxidation sites excluding steroid dienone is 4. The molecule has 0 fully saturated rings. The summed E-state index contributed by atoms with van der Waals surface area (Å²) in [6.07, 6.45) is 5.92. The minimum atomic E-state index is -0.986. The van der Waals surface area contributed by atoms with Crippen molar-refractivity contribution in [1.82, 2.24) is 0 Å². The average Bonchev–Trinajstić information content (AvgIpc) is 2.11. The third-order valence-electron chi connectivity index (χ3n) is 1.70. The van der Waals surface area contributed by atoms with E-state index in [9.17, 15) is 0 Å². The van der Waals surface area contributed by atoms with Gasteiger partial charge in [-0.05, 0) is 32.6 Å². The zero-order valence-electron chi connectivity index (χ0n) is 6.74. The molecule has 0 saturated carbocycles. The van der Waals surface area contributed by atoms with Crippen molar-refractivity contribution in [2.24, 2.45) is 0 Å². The third kappa shape index (κ3) is 1.95. The lowest BCUT2D eigenvalue weighted by molar-refractivity contribution is 1.43. The minimum Gasteiger partial charge on any atom is -0.0804 e. The Morgan fingerprint density at radius 3 is 2.20 bits per heavy atom. The Kier molecular flexibility index (Phi) is 2.40. The second-order valence-corrected chi connectivity index (χ2v) is 10.2. The summed E-state index contributed by atoms with van der Waals surface area (Å²) >= 11 is 2.42. The first kappa shape index (κ1) is 8.52. The van der Waals surface area contributed by atoms with Crippen molar-refractivity contribution in [2.45, 2.75) is 26.1 Å². The number of rotatable bonds is 1. The van der Waals surface area contributed by atoms with Crippen molar-refractivity contribution in [2.75, 3.05) is 0 Å². The first-order valence-corrected chi connectivity index (χ1v) is 8.15. The summed E-state index contributed by atoms with van der Waals surface area (Å²) in [6.45, 7) is 7.18. The zero-order valence-corrected chi connectivity index (χ0v) is 9.90. The minimum absolute atomic E-state index is 0.986. The van der Waals surface area contributed by atoms with Gasteiger partial charge in [0.25, 0.3) is 0 Å². The first-order chi connectivity index (χ1) is 4.50. The van der Waals surface area contributed by atoms with Gasteiger partial charge in [-0.2, -0.15) is 0 Å². The maximum Gasteiger partial charge on any atom is 0.0772 e. The average molecular weight is 264 g/mol. The van der Waals surface area contributed by atoms with Crippen LogP contribution in [0.1, 0.15) is 6.42 Å². The zero-order chi connectivity index (χ0) is 7.78. The van der Waals surface area contributed by atoms with Gasteiger partial charge in [0.1, 0.15) is 0 Å². The van der Waals surface area contributed by atoms with Crippen molar-refractivity contribution < 1.29 is 0 Å². The van der Waals surface area contributed by atoms with Gasteiger partial charge in [-0.25, -0.2) is 0 Å². The molecule has 0 atom stereocenters. The van der Waals surface area contributed by atoms with Crippen LogP contribution < -0.4 is 0 Å². The molecule has 0 N–H and O–H groups in total. The van der Waals surface area contributed by atoms with Gasteiger partial charge in [-0.3, -0.25) is 0 Å². The van der Waals surface area contributed by atoms with Crippen LogP contribution >= 0.6 is 22.6 Å². The van der Waals surface area contributed by atoms with E-state index in [0.29, 0.717) is 0 Å². The summed E-state index contributed by atoms with van der Waals surface area (Å²) in [5, 5.41) is 1.62. The van der Waals surface area contributed by atoms with Gasteiger partial charge in [0.2, 0.25) is 0 Å². The monoisotopic (exact) mass is 264 g/mol. The van der Waals surface area contributed by atoms with Gasteiger partial charge >= 0.3 is 0 Å². The number of hydrogen-bond donors (Lipinski definition) is 0. The molecule has 0 aliphatic heterocycles. The van der Waals surface area contributed by atoms with E-state index >= 15 is 0 Å². The van der Waals surface area contributed by atoms with E-state index in [-0.39, 0.29) is 0 Å². The molecule has 1 aliphatic rings. The molecular formula is C8H13ISi. The number of hydrogen-bond acceptors (Lipinski definition) is 0. The smallest absolute Gasteiger partial charge is 0.0772 e. The van der Waals surface area contributed by atoms with Gasteiger partial charge < -0.3 is 0 Å². The molecule has 2 heteroatoms. The molecule has 0 saturated heterocycles. The second kappa shape index (κ2) is 2.81. The highest BCUT2D eigenvalue weighted by molar-refractivity contribution is 14.1. The van der Waals surface area contributed by atoms with Crippen LogP contribution in [0, 0.1) is 0 Å². The van der Waals surface area contributed by atoms with Crippen LogP contribution in [0.4, 0.5) is 0 Å². The molecule has 0 spiro atoms. The largest absolute Gasteiger partial charge is 0.0804 e. The Morgan fingerprint density at radius 2 is 2.00 bits per heavy atom. The van der Waals surface area contributed by atoms with Crippen LogP contribution in [0.5, 0.6) is 0 Å². The molecule has 0 heterocycles. The maximum absolute atomic E-state index is 2.42. The Hall–Kier alpha value is 0.427. The van der Waals surface area contributed by atoms with Crippen LogP contribution in [0.25, 0.3) is 0 Å². The molecule has 0 aromatic carbocycles. The van der Waals surface area contributed by atoms with Crippen LogP contribution in [0.15, 0.2) is 20.9 Å². The second-order valence-electron chi connectivity index (χ2n) is 3.70. The molecule has 0 amide bonds. The first-order valence-electron chi connectivity index (χ1n) is 3.57. The van der Waals surface area contributed by atoms with Gasteiger partial charge in [-0.15, -0.1) is 0 Å². The lowest BCUT2D eigenvalue weighted by Gasteiger charge is -2.15. The van der Waals surface area contributed by atoms with E-state index in [1.165, 1.54) is 10.0 Å². The topological polar surface area (TPSA) is 0 Å². The molecule has 0 radical (unpaired) electrons. The fraction of sp³-hybridized carbons (Fsp3) is 0.500. The van der Waals surface area contributed by atoms with E-state index in [1.54, 1.807) is 5.20 Å². The lowest BCUT2D eigenvalue weighted by Crippen LogP contribution is -2.21. The fourth-order valence-corrected chi connectivity index (χ4v) is 3.19. The molecule has 0 aromatic rings. The molecule has 0 unspecified atom stereocenters. The van der Waals surface area contributed by atoms with Crippen molar-refractivity contribution in [3.8, 4) is 0 Å². The summed E-state index contributed by atoms with van der Waals surface area (Å²) in [5.41, 5.74) is 0. The van der Waals surface area contributed by atoms with Gasteiger partial charge in [0.15, 0.2) is 0 Å². The number of halogens is 1. The van der Waals surface area contributed by atoms with Crippen LogP contribution in [-0.2, 0) is 0 Å².